The molecule has 0 aromatic carbocycles. The van der Waals surface area contributed by atoms with Crippen molar-refractivity contribution in [1.82, 2.24) is 9.97 Å². The molecular weight excluding hydrogens is 218 g/mol. The van der Waals surface area contributed by atoms with E-state index in [0.29, 0.717) is 5.13 Å². The number of aromatic nitrogens is 2. The van der Waals surface area contributed by atoms with Gasteiger partial charge in [0.15, 0.2) is 5.13 Å². The van der Waals surface area contributed by atoms with Gasteiger partial charge in [0.1, 0.15) is 0 Å². The Hall–Kier alpha value is -1.55. The van der Waals surface area contributed by atoms with Crippen LogP contribution in [0, 0.1) is 20.8 Å². The lowest BCUT2D eigenvalue weighted by atomic mass is 10.1. The molecule has 0 atom stereocenters. The lowest BCUT2D eigenvalue weighted by Crippen LogP contribution is -1.81. The SMILES string of the molecule is Cc1[nH]c(C=Cc2csc(N)n2)c(C)c1C. The molecular formula is C12H15N3S. The molecule has 0 aliphatic carbocycles. The Morgan fingerprint density at radius 2 is 2.00 bits per heavy atom. The highest BCUT2D eigenvalue weighted by Gasteiger charge is 2.04. The molecule has 2 aromatic rings. The van der Waals surface area contributed by atoms with E-state index in [1.54, 1.807) is 0 Å². The first kappa shape index (κ1) is 11.0. The smallest absolute Gasteiger partial charge is 0.180 e. The molecule has 3 N–H and O–H groups in total. The van der Waals surface area contributed by atoms with Crippen LogP contribution in [-0.4, -0.2) is 9.97 Å². The van der Waals surface area contributed by atoms with Crippen LogP contribution >= 0.6 is 11.3 Å². The molecule has 2 aromatic heterocycles. The monoisotopic (exact) mass is 233 g/mol. The minimum atomic E-state index is 0.607. The van der Waals surface area contributed by atoms with Gasteiger partial charge < -0.3 is 10.7 Å². The van der Waals surface area contributed by atoms with Crippen molar-refractivity contribution < 1.29 is 0 Å². The molecule has 0 spiro atoms. The van der Waals surface area contributed by atoms with Gasteiger partial charge >= 0.3 is 0 Å². The molecule has 2 rings (SSSR count). The second-order valence-corrected chi connectivity index (χ2v) is 4.75. The number of rotatable bonds is 2. The van der Waals surface area contributed by atoms with Crippen molar-refractivity contribution in [2.45, 2.75) is 20.8 Å². The molecule has 3 nitrogen and oxygen atoms in total. The molecule has 4 heteroatoms. The second-order valence-electron chi connectivity index (χ2n) is 3.86. The number of hydrogen-bond donors (Lipinski definition) is 2. The lowest BCUT2D eigenvalue weighted by Gasteiger charge is -1.91. The van der Waals surface area contributed by atoms with E-state index in [1.165, 1.54) is 28.2 Å². The molecule has 84 valence electrons. The topological polar surface area (TPSA) is 54.7 Å². The van der Waals surface area contributed by atoms with Crippen LogP contribution in [0.2, 0.25) is 0 Å². The van der Waals surface area contributed by atoms with Gasteiger partial charge in [-0.1, -0.05) is 0 Å². The van der Waals surface area contributed by atoms with E-state index in [4.69, 9.17) is 5.73 Å². The molecule has 0 saturated heterocycles. The predicted molar refractivity (Wildman–Crippen MR) is 70.5 cm³/mol. The van der Waals surface area contributed by atoms with Crippen molar-refractivity contribution in [1.29, 1.82) is 0 Å². The summed E-state index contributed by atoms with van der Waals surface area (Å²) in [5, 5.41) is 2.55. The van der Waals surface area contributed by atoms with Crippen LogP contribution in [0.15, 0.2) is 5.38 Å². The van der Waals surface area contributed by atoms with Crippen LogP contribution in [0.4, 0.5) is 5.13 Å². The molecule has 0 saturated carbocycles. The molecule has 2 heterocycles. The number of hydrogen-bond acceptors (Lipinski definition) is 3. The first-order valence-corrected chi connectivity index (χ1v) is 6.00. The summed E-state index contributed by atoms with van der Waals surface area (Å²) in [6, 6.07) is 0. The summed E-state index contributed by atoms with van der Waals surface area (Å²) in [4.78, 5) is 7.53. The highest BCUT2D eigenvalue weighted by atomic mass is 32.1. The van der Waals surface area contributed by atoms with Crippen molar-refractivity contribution in [3.05, 3.63) is 33.6 Å². The lowest BCUT2D eigenvalue weighted by molar-refractivity contribution is 1.22. The first-order valence-electron chi connectivity index (χ1n) is 5.13. The van der Waals surface area contributed by atoms with E-state index in [-0.39, 0.29) is 0 Å². The fourth-order valence-electron chi connectivity index (χ4n) is 1.59. The van der Waals surface area contributed by atoms with Crippen LogP contribution in [0.5, 0.6) is 0 Å². The van der Waals surface area contributed by atoms with Gasteiger partial charge in [-0.15, -0.1) is 11.3 Å². The fraction of sp³-hybridized carbons (Fsp3) is 0.250. The minimum absolute atomic E-state index is 0.607. The normalized spacial score (nSPS) is 11.4. The van der Waals surface area contributed by atoms with Gasteiger partial charge in [-0.3, -0.25) is 0 Å². The van der Waals surface area contributed by atoms with E-state index in [9.17, 15) is 0 Å². The van der Waals surface area contributed by atoms with Crippen LogP contribution < -0.4 is 5.73 Å². The number of H-pyrrole nitrogens is 1. The van der Waals surface area contributed by atoms with Crippen LogP contribution in [-0.2, 0) is 0 Å². The Bertz CT molecular complexity index is 534. The standard InChI is InChI=1S/C12H15N3S/c1-7-8(2)11(14-9(7)3)5-4-10-6-16-12(13)15-10/h4-6,14H,1-3H3,(H2,13,15). The zero-order chi connectivity index (χ0) is 11.7. The average molecular weight is 233 g/mol. The van der Waals surface area contributed by atoms with Gasteiger partial charge in [0.2, 0.25) is 0 Å². The van der Waals surface area contributed by atoms with Crippen molar-refractivity contribution in [3.63, 3.8) is 0 Å². The van der Waals surface area contributed by atoms with E-state index in [0.717, 1.165) is 11.4 Å². The Kier molecular flexibility index (Phi) is 2.83. The zero-order valence-electron chi connectivity index (χ0n) is 9.66. The van der Waals surface area contributed by atoms with Crippen LogP contribution in [0.3, 0.4) is 0 Å². The highest BCUT2D eigenvalue weighted by Crippen LogP contribution is 2.19. The summed E-state index contributed by atoms with van der Waals surface area (Å²) in [5.74, 6) is 0. The van der Waals surface area contributed by atoms with Crippen molar-refractivity contribution in [3.8, 4) is 0 Å². The zero-order valence-corrected chi connectivity index (χ0v) is 10.5. The summed E-state index contributed by atoms with van der Waals surface area (Å²) in [6.45, 7) is 6.33. The predicted octanol–water partition coefficient (Wildman–Crippen LogP) is 3.15. The average Bonchev–Trinajstić information content (AvgIpc) is 2.76. The minimum Gasteiger partial charge on any atom is -0.375 e. The van der Waals surface area contributed by atoms with E-state index >= 15 is 0 Å². The first-order chi connectivity index (χ1) is 7.58. The van der Waals surface area contributed by atoms with Crippen molar-refractivity contribution >= 4 is 28.6 Å². The van der Waals surface area contributed by atoms with E-state index < -0.39 is 0 Å². The number of nitrogens with two attached hydrogens (primary N) is 1. The molecule has 16 heavy (non-hydrogen) atoms. The van der Waals surface area contributed by atoms with Gasteiger partial charge in [-0.2, -0.15) is 0 Å². The van der Waals surface area contributed by atoms with E-state index in [2.05, 4.69) is 30.7 Å². The fourth-order valence-corrected chi connectivity index (χ4v) is 2.12. The Balaban J connectivity index is 2.27. The van der Waals surface area contributed by atoms with Gasteiger partial charge in [0.25, 0.3) is 0 Å². The maximum Gasteiger partial charge on any atom is 0.180 e. The third-order valence-corrected chi connectivity index (χ3v) is 3.50. The van der Waals surface area contributed by atoms with Gasteiger partial charge in [0.05, 0.1) is 5.69 Å². The second kappa shape index (κ2) is 4.14. The molecule has 0 aliphatic rings. The Labute approximate surface area is 99.0 Å². The summed E-state index contributed by atoms with van der Waals surface area (Å²) in [6.07, 6.45) is 4.02. The van der Waals surface area contributed by atoms with Crippen molar-refractivity contribution in [2.75, 3.05) is 5.73 Å². The largest absolute Gasteiger partial charge is 0.375 e. The quantitative estimate of drug-likeness (QED) is 0.837. The highest BCUT2D eigenvalue weighted by molar-refractivity contribution is 7.13. The van der Waals surface area contributed by atoms with E-state index in [1.807, 2.05) is 17.5 Å². The molecule has 0 amide bonds. The molecule has 0 radical (unpaired) electrons. The maximum atomic E-state index is 5.57. The number of aromatic amines is 1. The summed E-state index contributed by atoms with van der Waals surface area (Å²) >= 11 is 1.46. The third-order valence-electron chi connectivity index (χ3n) is 2.81. The summed E-state index contributed by atoms with van der Waals surface area (Å²) in [5.41, 5.74) is 11.4. The molecule has 0 bridgehead atoms. The number of aryl methyl sites for hydroxylation is 1. The van der Waals surface area contributed by atoms with Gasteiger partial charge in [0, 0.05) is 16.8 Å². The molecule has 0 aliphatic heterocycles. The van der Waals surface area contributed by atoms with Gasteiger partial charge in [-0.05, 0) is 44.1 Å². The number of thiazole rings is 1. The van der Waals surface area contributed by atoms with Crippen molar-refractivity contribution in [2.24, 2.45) is 0 Å². The maximum absolute atomic E-state index is 5.57. The van der Waals surface area contributed by atoms with Crippen LogP contribution in [0.25, 0.3) is 12.2 Å². The van der Waals surface area contributed by atoms with Crippen LogP contribution in [0.1, 0.15) is 28.2 Å². The number of anilines is 1. The number of nitrogens with one attached hydrogen (secondary N) is 1. The number of nitrogen functional groups attached to an aromatic ring is 1. The molecule has 0 fully saturated rings. The van der Waals surface area contributed by atoms with Gasteiger partial charge in [-0.25, -0.2) is 4.98 Å². The summed E-state index contributed by atoms with van der Waals surface area (Å²) in [7, 11) is 0. The third kappa shape index (κ3) is 2.02. The molecule has 0 unspecified atom stereocenters. The Morgan fingerprint density at radius 1 is 1.25 bits per heavy atom. The number of nitrogens with zero attached hydrogens (tertiary/aromatic N) is 1. The summed E-state index contributed by atoms with van der Waals surface area (Å²) < 4.78 is 0. The Morgan fingerprint density at radius 3 is 2.50 bits per heavy atom.